The molecule has 1 saturated heterocycles. The Morgan fingerprint density at radius 1 is 1.06 bits per heavy atom. The molecule has 2 N–H and O–H groups in total. The Bertz CT molecular complexity index is 915. The van der Waals surface area contributed by atoms with Gasteiger partial charge < -0.3 is 20.3 Å². The quantitative estimate of drug-likeness (QED) is 0.636. The van der Waals surface area contributed by atoms with Gasteiger partial charge in [-0.25, -0.2) is 0 Å². The van der Waals surface area contributed by atoms with Crippen LogP contribution in [-0.4, -0.2) is 68.6 Å². The summed E-state index contributed by atoms with van der Waals surface area (Å²) in [5.74, 6) is -0.0495. The zero-order chi connectivity index (χ0) is 23.1. The van der Waals surface area contributed by atoms with E-state index in [-0.39, 0.29) is 17.9 Å². The summed E-state index contributed by atoms with van der Waals surface area (Å²) in [6, 6.07) is 14.5. The van der Waals surface area contributed by atoms with E-state index in [0.717, 1.165) is 26.2 Å². The maximum absolute atomic E-state index is 12.8. The molecule has 1 fully saturated rings. The summed E-state index contributed by atoms with van der Waals surface area (Å²) in [4.78, 5) is 29.8. The average molecular weight is 459 g/mol. The van der Waals surface area contributed by atoms with Crippen molar-refractivity contribution in [2.24, 2.45) is 0 Å². The van der Waals surface area contributed by atoms with Gasteiger partial charge in [0.25, 0.3) is 5.91 Å². The van der Waals surface area contributed by atoms with Crippen molar-refractivity contribution in [3.63, 3.8) is 0 Å². The highest BCUT2D eigenvalue weighted by atomic mass is 35.5. The molecule has 8 heteroatoms. The first-order valence-electron chi connectivity index (χ1n) is 10.9. The van der Waals surface area contributed by atoms with Gasteiger partial charge in [0, 0.05) is 51.0 Å². The summed E-state index contributed by atoms with van der Waals surface area (Å²) in [6.07, 6.45) is -0.0211. The second-order valence-corrected chi connectivity index (χ2v) is 8.48. The van der Waals surface area contributed by atoms with Gasteiger partial charge >= 0.3 is 0 Å². The second kappa shape index (κ2) is 11.2. The number of likely N-dealkylation sites (N-methyl/N-ethyl adjacent to an activating group) is 1. The molecule has 0 aliphatic carbocycles. The number of piperazine rings is 1. The number of hydrogen-bond acceptors (Lipinski definition) is 5. The van der Waals surface area contributed by atoms with Gasteiger partial charge in [0.2, 0.25) is 5.91 Å². The van der Waals surface area contributed by atoms with Crippen LogP contribution < -0.4 is 20.3 Å². The number of hydrogen-bond donors (Lipinski definition) is 2. The maximum Gasteiger partial charge on any atom is 0.252 e. The van der Waals surface area contributed by atoms with Crippen molar-refractivity contribution >= 4 is 29.1 Å². The van der Waals surface area contributed by atoms with Crippen molar-refractivity contribution in [2.45, 2.75) is 26.0 Å². The molecule has 0 unspecified atom stereocenters. The van der Waals surface area contributed by atoms with Gasteiger partial charge in [-0.05, 0) is 44.2 Å². The van der Waals surface area contributed by atoms with E-state index in [2.05, 4.69) is 32.6 Å². The van der Waals surface area contributed by atoms with E-state index in [0.29, 0.717) is 22.9 Å². The maximum atomic E-state index is 12.8. The molecular weight excluding hydrogens is 428 g/mol. The van der Waals surface area contributed by atoms with Gasteiger partial charge in [0.1, 0.15) is 11.8 Å². The minimum atomic E-state index is -0.666. The Balaban J connectivity index is 1.60. The van der Waals surface area contributed by atoms with E-state index in [1.165, 1.54) is 5.69 Å². The molecule has 1 aliphatic heterocycles. The van der Waals surface area contributed by atoms with Crippen LogP contribution in [0, 0.1) is 0 Å². The molecule has 172 valence electrons. The molecule has 1 aliphatic rings. The van der Waals surface area contributed by atoms with Crippen molar-refractivity contribution in [2.75, 3.05) is 44.7 Å². The second-order valence-electron chi connectivity index (χ2n) is 8.08. The molecule has 0 aromatic heterocycles. The summed E-state index contributed by atoms with van der Waals surface area (Å²) in [5, 5.41) is 5.87. The number of para-hydroxylation sites is 1. The van der Waals surface area contributed by atoms with Crippen molar-refractivity contribution in [3.05, 3.63) is 59.1 Å². The number of amides is 2. The number of benzene rings is 2. The van der Waals surface area contributed by atoms with Crippen molar-refractivity contribution in [1.82, 2.24) is 15.5 Å². The minimum absolute atomic E-state index is 0.0211. The van der Waals surface area contributed by atoms with Gasteiger partial charge in [0.05, 0.1) is 11.1 Å². The number of carbonyl (C=O) groups is 2. The van der Waals surface area contributed by atoms with Crippen LogP contribution in [0.25, 0.3) is 0 Å². The highest BCUT2D eigenvalue weighted by Crippen LogP contribution is 2.26. The van der Waals surface area contributed by atoms with Gasteiger partial charge in [-0.3, -0.25) is 14.5 Å². The van der Waals surface area contributed by atoms with E-state index >= 15 is 0 Å². The fourth-order valence-electron chi connectivity index (χ4n) is 3.69. The SMILES string of the molecule is CNC(=O)[C@H](CN1CCN(c2ccccc2)CC1)NC(=O)c1ccc(OC(C)C)c(Cl)c1. The standard InChI is InChI=1S/C24H31ClN4O3/c1-17(2)32-22-10-9-18(15-20(22)25)23(30)27-21(24(31)26-3)16-28-11-13-29(14-12-28)19-7-5-4-6-8-19/h4-10,15,17,21H,11-14,16H2,1-3H3,(H,26,31)(H,27,30)/t21-/m0/s1. The molecule has 1 heterocycles. The molecule has 2 aromatic rings. The molecule has 0 radical (unpaired) electrons. The van der Waals surface area contributed by atoms with Gasteiger partial charge in [0.15, 0.2) is 0 Å². The monoisotopic (exact) mass is 458 g/mol. The third-order valence-corrected chi connectivity index (χ3v) is 5.65. The topological polar surface area (TPSA) is 73.9 Å². The van der Waals surface area contributed by atoms with E-state index in [4.69, 9.17) is 16.3 Å². The summed E-state index contributed by atoms with van der Waals surface area (Å²) < 4.78 is 5.62. The summed E-state index contributed by atoms with van der Waals surface area (Å²) >= 11 is 6.27. The highest BCUT2D eigenvalue weighted by molar-refractivity contribution is 6.32. The molecule has 1 atom stereocenters. The molecular formula is C24H31ClN4O3. The van der Waals surface area contributed by atoms with E-state index < -0.39 is 6.04 Å². The smallest absolute Gasteiger partial charge is 0.252 e. The lowest BCUT2D eigenvalue weighted by Crippen LogP contribution is -2.55. The first kappa shape index (κ1) is 23.9. The Hall–Kier alpha value is -2.77. The van der Waals surface area contributed by atoms with Crippen LogP contribution in [0.5, 0.6) is 5.75 Å². The lowest BCUT2D eigenvalue weighted by Gasteiger charge is -2.37. The van der Waals surface area contributed by atoms with Crippen LogP contribution in [0.3, 0.4) is 0 Å². The van der Waals surface area contributed by atoms with Crippen molar-refractivity contribution < 1.29 is 14.3 Å². The molecule has 2 aromatic carbocycles. The van der Waals surface area contributed by atoms with Crippen LogP contribution in [0.1, 0.15) is 24.2 Å². The van der Waals surface area contributed by atoms with Gasteiger partial charge in [-0.15, -0.1) is 0 Å². The first-order valence-corrected chi connectivity index (χ1v) is 11.3. The molecule has 2 amide bonds. The predicted octanol–water partition coefficient (Wildman–Crippen LogP) is 2.79. The van der Waals surface area contributed by atoms with Crippen LogP contribution >= 0.6 is 11.6 Å². The Morgan fingerprint density at radius 2 is 1.75 bits per heavy atom. The summed E-state index contributed by atoms with van der Waals surface area (Å²) in [7, 11) is 1.57. The summed E-state index contributed by atoms with van der Waals surface area (Å²) in [6.45, 7) is 7.61. The normalized spacial score (nSPS) is 15.3. The molecule has 32 heavy (non-hydrogen) atoms. The van der Waals surface area contributed by atoms with Crippen molar-refractivity contribution in [1.29, 1.82) is 0 Å². The third-order valence-electron chi connectivity index (χ3n) is 5.36. The molecule has 0 bridgehead atoms. The third kappa shape index (κ3) is 6.37. The van der Waals surface area contributed by atoms with Crippen molar-refractivity contribution in [3.8, 4) is 5.75 Å². The molecule has 7 nitrogen and oxygen atoms in total. The van der Waals surface area contributed by atoms with Crippen LogP contribution in [0.15, 0.2) is 48.5 Å². The fraction of sp³-hybridized carbons (Fsp3) is 0.417. The molecule has 3 rings (SSSR count). The number of nitrogens with one attached hydrogen (secondary N) is 2. The van der Waals surface area contributed by atoms with E-state index in [9.17, 15) is 9.59 Å². The Labute approximate surface area is 194 Å². The number of nitrogens with zero attached hydrogens (tertiary/aromatic N) is 2. The zero-order valence-electron chi connectivity index (χ0n) is 18.8. The number of halogens is 1. The lowest BCUT2D eigenvalue weighted by atomic mass is 10.1. The number of carbonyl (C=O) groups excluding carboxylic acids is 2. The molecule has 0 saturated carbocycles. The van der Waals surface area contributed by atoms with Crippen LogP contribution in [0.4, 0.5) is 5.69 Å². The van der Waals surface area contributed by atoms with Gasteiger partial charge in [-0.2, -0.15) is 0 Å². The highest BCUT2D eigenvalue weighted by Gasteiger charge is 2.26. The Kier molecular flexibility index (Phi) is 8.36. The van der Waals surface area contributed by atoms with E-state index in [1.807, 2.05) is 32.0 Å². The fourth-order valence-corrected chi connectivity index (χ4v) is 3.91. The largest absolute Gasteiger partial charge is 0.489 e. The number of rotatable bonds is 8. The minimum Gasteiger partial charge on any atom is -0.489 e. The zero-order valence-corrected chi connectivity index (χ0v) is 19.6. The summed E-state index contributed by atoms with van der Waals surface area (Å²) in [5.41, 5.74) is 1.58. The van der Waals surface area contributed by atoms with Gasteiger partial charge in [-0.1, -0.05) is 29.8 Å². The number of ether oxygens (including phenoxy) is 1. The average Bonchev–Trinajstić information content (AvgIpc) is 2.80. The molecule has 0 spiro atoms. The van der Waals surface area contributed by atoms with Crippen LogP contribution in [-0.2, 0) is 4.79 Å². The van der Waals surface area contributed by atoms with Crippen LogP contribution in [0.2, 0.25) is 5.02 Å². The first-order chi connectivity index (χ1) is 15.4. The Morgan fingerprint density at radius 3 is 2.34 bits per heavy atom. The predicted molar refractivity (Wildman–Crippen MR) is 128 cm³/mol. The number of anilines is 1. The lowest BCUT2D eigenvalue weighted by molar-refractivity contribution is -0.123. The van der Waals surface area contributed by atoms with E-state index in [1.54, 1.807) is 25.2 Å².